The summed E-state index contributed by atoms with van der Waals surface area (Å²) in [5.41, 5.74) is 9.51. The van der Waals surface area contributed by atoms with E-state index in [-0.39, 0.29) is 24.5 Å². The normalized spacial score (nSPS) is 15.0. The first-order valence-corrected chi connectivity index (χ1v) is 12.8. The van der Waals surface area contributed by atoms with Gasteiger partial charge in [0.05, 0.1) is 36.2 Å². The number of nitrogens with two attached hydrogens (primary N) is 1. The van der Waals surface area contributed by atoms with E-state index in [4.69, 9.17) is 20.2 Å². The number of fused-ring (bicyclic) bond motifs is 1. The number of carbonyl (C=O) groups is 2. The molecular formula is C27H36N6O4. The second-order valence-electron chi connectivity index (χ2n) is 9.45. The fourth-order valence-corrected chi connectivity index (χ4v) is 4.95. The van der Waals surface area contributed by atoms with Gasteiger partial charge in [-0.2, -0.15) is 0 Å². The third kappa shape index (κ3) is 5.69. The maximum atomic E-state index is 12.4. The quantitative estimate of drug-likeness (QED) is 0.469. The van der Waals surface area contributed by atoms with Gasteiger partial charge in [0.1, 0.15) is 17.7 Å². The number of rotatable bonds is 8. The lowest BCUT2D eigenvalue weighted by molar-refractivity contribution is -0.130. The number of imidazole rings is 1. The lowest BCUT2D eigenvalue weighted by atomic mass is 9.96. The molecule has 0 bridgehead atoms. The first-order valence-electron chi connectivity index (χ1n) is 12.8. The predicted molar refractivity (Wildman–Crippen MR) is 142 cm³/mol. The zero-order chi connectivity index (χ0) is 26.5. The van der Waals surface area contributed by atoms with E-state index in [9.17, 15) is 9.59 Å². The van der Waals surface area contributed by atoms with Crippen LogP contribution >= 0.6 is 0 Å². The summed E-state index contributed by atoms with van der Waals surface area (Å²) in [6.07, 6.45) is 6.41. The molecule has 3 aromatic rings. The second kappa shape index (κ2) is 11.6. The van der Waals surface area contributed by atoms with Gasteiger partial charge >= 0.3 is 6.09 Å². The molecule has 1 aliphatic rings. The molecule has 10 nitrogen and oxygen atoms in total. The van der Waals surface area contributed by atoms with E-state index in [2.05, 4.69) is 14.7 Å². The van der Waals surface area contributed by atoms with E-state index >= 15 is 0 Å². The fraction of sp³-hybridized carbons (Fsp3) is 0.481. The molecule has 0 saturated carbocycles. The maximum Gasteiger partial charge on any atom is 0.412 e. The molecule has 1 saturated heterocycles. The Morgan fingerprint density at radius 3 is 2.70 bits per heavy atom. The number of ether oxygens (including phenoxy) is 2. The summed E-state index contributed by atoms with van der Waals surface area (Å²) in [6.45, 7) is 7.25. The van der Waals surface area contributed by atoms with E-state index in [1.54, 1.807) is 19.4 Å². The molecule has 0 radical (unpaired) electrons. The van der Waals surface area contributed by atoms with Crippen LogP contribution in [0, 0.1) is 6.92 Å². The molecule has 37 heavy (non-hydrogen) atoms. The van der Waals surface area contributed by atoms with Gasteiger partial charge < -0.3 is 20.1 Å². The largest absolute Gasteiger partial charge is 0.495 e. The summed E-state index contributed by atoms with van der Waals surface area (Å²) < 4.78 is 13.1. The van der Waals surface area contributed by atoms with Gasteiger partial charge in [-0.1, -0.05) is 19.4 Å². The van der Waals surface area contributed by atoms with Gasteiger partial charge in [0, 0.05) is 37.0 Å². The fourth-order valence-electron chi connectivity index (χ4n) is 4.95. The van der Waals surface area contributed by atoms with E-state index in [0.29, 0.717) is 24.5 Å². The molecule has 198 valence electrons. The molecule has 0 spiro atoms. The average molecular weight is 509 g/mol. The number of aromatic nitrogens is 3. The number of carbonyl (C=O) groups excluding carboxylic acids is 2. The number of piperidine rings is 1. The minimum atomic E-state index is -0.513. The average Bonchev–Trinajstić information content (AvgIpc) is 3.29. The Bertz CT molecular complexity index is 1270. The third-order valence-electron chi connectivity index (χ3n) is 6.87. The number of anilines is 1. The van der Waals surface area contributed by atoms with Crippen LogP contribution in [0.1, 0.15) is 57.0 Å². The van der Waals surface area contributed by atoms with Crippen LogP contribution in [0.15, 0.2) is 30.6 Å². The number of aryl methyl sites for hydroxylation is 1. The van der Waals surface area contributed by atoms with E-state index < -0.39 is 6.09 Å². The zero-order valence-corrected chi connectivity index (χ0v) is 22.0. The third-order valence-corrected chi connectivity index (χ3v) is 6.87. The van der Waals surface area contributed by atoms with Crippen molar-refractivity contribution in [2.45, 2.75) is 58.5 Å². The van der Waals surface area contributed by atoms with Crippen molar-refractivity contribution in [1.82, 2.24) is 19.3 Å². The SMILES string of the molecule is CCCC(C)OC(=O)Nc1ccc(-c2nc(C3CCN(C(=O)CN)CC3)n3ccnc(C)c23)cc1OC. The molecule has 3 N–H and O–H groups in total. The highest BCUT2D eigenvalue weighted by Gasteiger charge is 2.28. The molecule has 1 unspecified atom stereocenters. The topological polar surface area (TPSA) is 124 Å². The van der Waals surface area contributed by atoms with Crippen LogP contribution in [-0.4, -0.2) is 64.1 Å². The van der Waals surface area contributed by atoms with Crippen molar-refractivity contribution < 1.29 is 19.1 Å². The van der Waals surface area contributed by atoms with Gasteiger partial charge in [-0.05, 0) is 45.2 Å². The number of methoxy groups -OCH3 is 1. The van der Waals surface area contributed by atoms with Crippen LogP contribution in [0.25, 0.3) is 16.8 Å². The van der Waals surface area contributed by atoms with Crippen molar-refractivity contribution in [2.24, 2.45) is 5.73 Å². The van der Waals surface area contributed by atoms with Crippen molar-refractivity contribution in [3.63, 3.8) is 0 Å². The molecular weight excluding hydrogens is 472 g/mol. The first kappa shape index (κ1) is 26.4. The van der Waals surface area contributed by atoms with Crippen LogP contribution in [0.5, 0.6) is 5.75 Å². The van der Waals surface area contributed by atoms with Crippen LogP contribution in [0.2, 0.25) is 0 Å². The maximum absolute atomic E-state index is 12.4. The minimum Gasteiger partial charge on any atom is -0.495 e. The van der Waals surface area contributed by atoms with Crippen LogP contribution in [-0.2, 0) is 9.53 Å². The lowest BCUT2D eigenvalue weighted by Crippen LogP contribution is -2.41. The van der Waals surface area contributed by atoms with Gasteiger partial charge in [0.2, 0.25) is 5.91 Å². The van der Waals surface area contributed by atoms with Gasteiger partial charge in [-0.25, -0.2) is 9.78 Å². The van der Waals surface area contributed by atoms with Gasteiger partial charge in [-0.3, -0.25) is 19.5 Å². The summed E-state index contributed by atoms with van der Waals surface area (Å²) in [5.74, 6) is 1.64. The van der Waals surface area contributed by atoms with Crippen molar-refractivity contribution in [1.29, 1.82) is 0 Å². The summed E-state index contributed by atoms with van der Waals surface area (Å²) in [7, 11) is 1.56. The van der Waals surface area contributed by atoms with Gasteiger partial charge in [-0.15, -0.1) is 0 Å². The molecule has 10 heteroatoms. The number of amides is 2. The molecule has 0 aliphatic carbocycles. The standard InChI is InChI=1S/C27H36N6O4/c1-5-6-17(2)37-27(35)30-21-8-7-20(15-22(21)36-4)24-25-18(3)29-11-14-33(25)26(31-24)19-9-12-32(13-10-19)23(34)16-28/h7-8,11,14-15,17,19H,5-6,9-10,12-13,16,28H2,1-4H3,(H,30,35). The highest BCUT2D eigenvalue weighted by Crippen LogP contribution is 2.36. The van der Waals surface area contributed by atoms with Gasteiger partial charge in [0.25, 0.3) is 0 Å². The van der Waals surface area contributed by atoms with E-state index in [1.165, 1.54) is 0 Å². The second-order valence-corrected chi connectivity index (χ2v) is 9.45. The minimum absolute atomic E-state index is 0.0170. The molecule has 1 aliphatic heterocycles. The number of benzene rings is 1. The Morgan fingerprint density at radius 2 is 2.03 bits per heavy atom. The smallest absolute Gasteiger partial charge is 0.412 e. The summed E-state index contributed by atoms with van der Waals surface area (Å²) in [4.78, 5) is 35.8. The zero-order valence-electron chi connectivity index (χ0n) is 22.0. The lowest BCUT2D eigenvalue weighted by Gasteiger charge is -2.31. The van der Waals surface area contributed by atoms with Crippen molar-refractivity contribution in [3.8, 4) is 17.0 Å². The van der Waals surface area contributed by atoms with Gasteiger partial charge in [0.15, 0.2) is 0 Å². The molecule has 1 fully saturated rings. The monoisotopic (exact) mass is 508 g/mol. The Kier molecular flexibility index (Phi) is 8.27. The Morgan fingerprint density at radius 1 is 1.27 bits per heavy atom. The molecule has 4 rings (SSSR count). The Hall–Kier alpha value is -3.66. The molecule has 2 amide bonds. The highest BCUT2D eigenvalue weighted by atomic mass is 16.6. The summed E-state index contributed by atoms with van der Waals surface area (Å²) in [5, 5.41) is 2.79. The summed E-state index contributed by atoms with van der Waals surface area (Å²) >= 11 is 0. The van der Waals surface area contributed by atoms with Crippen molar-refractivity contribution >= 4 is 23.2 Å². The molecule has 1 atom stereocenters. The van der Waals surface area contributed by atoms with E-state index in [1.807, 2.05) is 44.0 Å². The Balaban J connectivity index is 1.64. The van der Waals surface area contributed by atoms with Crippen LogP contribution in [0.3, 0.4) is 0 Å². The molecule has 3 heterocycles. The van der Waals surface area contributed by atoms with Crippen molar-refractivity contribution in [3.05, 3.63) is 42.1 Å². The van der Waals surface area contributed by atoms with Crippen LogP contribution < -0.4 is 15.8 Å². The summed E-state index contributed by atoms with van der Waals surface area (Å²) in [6, 6.07) is 5.58. The molecule has 2 aromatic heterocycles. The number of nitrogens with zero attached hydrogens (tertiary/aromatic N) is 4. The molecule has 1 aromatic carbocycles. The highest BCUT2D eigenvalue weighted by molar-refractivity contribution is 5.89. The first-order chi connectivity index (χ1) is 17.9. The Labute approximate surface area is 217 Å². The van der Waals surface area contributed by atoms with E-state index in [0.717, 1.165) is 54.0 Å². The number of nitrogens with one attached hydrogen (secondary N) is 1. The van der Waals surface area contributed by atoms with Crippen LogP contribution in [0.4, 0.5) is 10.5 Å². The predicted octanol–water partition coefficient (Wildman–Crippen LogP) is 4.12. The number of hydrogen-bond donors (Lipinski definition) is 2. The number of hydrogen-bond acceptors (Lipinski definition) is 7. The van der Waals surface area contributed by atoms with Crippen molar-refractivity contribution in [2.75, 3.05) is 32.1 Å². The number of likely N-dealkylation sites (tertiary alicyclic amines) is 1.